The third-order valence-electron chi connectivity index (χ3n) is 3.01. The van der Waals surface area contributed by atoms with Crippen LogP contribution in [0, 0.1) is 5.82 Å². The standard InChI is InChI=1S/C13H13FN2O5/c1-7(17)15-5-9-6-21-13(20)16(9)8-2-3-10(12(18)19)11(14)4-8/h2-4,9H,5-6H2,1H3,(H,15,17)(H,18,19). The molecule has 2 amide bonds. The van der Waals surface area contributed by atoms with Gasteiger partial charge in [-0.1, -0.05) is 0 Å². The highest BCUT2D eigenvalue weighted by atomic mass is 19.1. The number of carbonyl (C=O) groups is 3. The lowest BCUT2D eigenvalue weighted by atomic mass is 10.1. The van der Waals surface area contributed by atoms with Crippen LogP contribution in [0.4, 0.5) is 14.9 Å². The highest BCUT2D eigenvalue weighted by Gasteiger charge is 2.34. The first-order chi connectivity index (χ1) is 9.90. The minimum Gasteiger partial charge on any atom is -0.478 e. The molecule has 112 valence electrons. The van der Waals surface area contributed by atoms with E-state index in [1.165, 1.54) is 17.9 Å². The predicted octanol–water partition coefficient (Wildman–Crippen LogP) is 0.985. The zero-order valence-electron chi connectivity index (χ0n) is 11.1. The van der Waals surface area contributed by atoms with Gasteiger partial charge in [0.2, 0.25) is 5.91 Å². The Morgan fingerprint density at radius 3 is 2.81 bits per heavy atom. The summed E-state index contributed by atoms with van der Waals surface area (Å²) in [7, 11) is 0. The van der Waals surface area contributed by atoms with Crippen molar-refractivity contribution in [3.8, 4) is 0 Å². The molecule has 1 aromatic rings. The summed E-state index contributed by atoms with van der Waals surface area (Å²) < 4.78 is 18.6. The molecule has 2 N–H and O–H groups in total. The van der Waals surface area contributed by atoms with Crippen molar-refractivity contribution in [1.29, 1.82) is 0 Å². The van der Waals surface area contributed by atoms with Gasteiger partial charge in [-0.25, -0.2) is 14.0 Å². The summed E-state index contributed by atoms with van der Waals surface area (Å²) in [5.41, 5.74) is -0.305. The van der Waals surface area contributed by atoms with E-state index >= 15 is 0 Å². The van der Waals surface area contributed by atoms with Crippen LogP contribution in [0.1, 0.15) is 17.3 Å². The Morgan fingerprint density at radius 1 is 1.52 bits per heavy atom. The van der Waals surface area contributed by atoms with Gasteiger partial charge in [0.05, 0.1) is 17.3 Å². The minimum absolute atomic E-state index is 0.0570. The van der Waals surface area contributed by atoms with Gasteiger partial charge in [0.25, 0.3) is 0 Å². The van der Waals surface area contributed by atoms with Crippen LogP contribution in [0.5, 0.6) is 0 Å². The van der Waals surface area contributed by atoms with E-state index < -0.39 is 29.5 Å². The predicted molar refractivity (Wildman–Crippen MR) is 69.7 cm³/mol. The Bertz CT molecular complexity index is 604. The van der Waals surface area contributed by atoms with E-state index in [1.54, 1.807) is 0 Å². The molecule has 0 saturated carbocycles. The van der Waals surface area contributed by atoms with Crippen LogP contribution in [-0.2, 0) is 9.53 Å². The molecule has 0 radical (unpaired) electrons. The Labute approximate surface area is 119 Å². The lowest BCUT2D eigenvalue weighted by Gasteiger charge is -2.21. The normalized spacial score (nSPS) is 17.5. The maximum absolute atomic E-state index is 13.7. The smallest absolute Gasteiger partial charge is 0.414 e. The number of nitrogens with one attached hydrogen (secondary N) is 1. The maximum atomic E-state index is 13.7. The summed E-state index contributed by atoms with van der Waals surface area (Å²) in [4.78, 5) is 34.6. The molecule has 1 saturated heterocycles. The average Bonchev–Trinajstić information content (AvgIpc) is 2.77. The molecule has 0 aliphatic carbocycles. The average molecular weight is 296 g/mol. The molecule has 1 fully saturated rings. The van der Waals surface area contributed by atoms with E-state index in [0.717, 1.165) is 12.1 Å². The van der Waals surface area contributed by atoms with Gasteiger partial charge in [0.1, 0.15) is 12.4 Å². The molecule has 7 nitrogen and oxygen atoms in total. The number of aromatic carboxylic acids is 1. The molecule has 1 aromatic carbocycles. The van der Waals surface area contributed by atoms with Crippen molar-refractivity contribution in [2.75, 3.05) is 18.1 Å². The zero-order valence-corrected chi connectivity index (χ0v) is 11.1. The van der Waals surface area contributed by atoms with Gasteiger partial charge in [0, 0.05) is 13.5 Å². The van der Waals surface area contributed by atoms with E-state index in [0.29, 0.717) is 0 Å². The summed E-state index contributed by atoms with van der Waals surface area (Å²) in [6.07, 6.45) is -0.673. The largest absolute Gasteiger partial charge is 0.478 e. The van der Waals surface area contributed by atoms with Crippen LogP contribution in [0.15, 0.2) is 18.2 Å². The van der Waals surface area contributed by atoms with Crippen LogP contribution in [0.25, 0.3) is 0 Å². The number of hydrogen-bond donors (Lipinski definition) is 2. The molecule has 0 spiro atoms. The topological polar surface area (TPSA) is 95.9 Å². The van der Waals surface area contributed by atoms with Gasteiger partial charge in [-0.3, -0.25) is 9.69 Å². The van der Waals surface area contributed by atoms with Crippen molar-refractivity contribution in [3.63, 3.8) is 0 Å². The summed E-state index contributed by atoms with van der Waals surface area (Å²) in [5, 5.41) is 11.3. The summed E-state index contributed by atoms with van der Waals surface area (Å²) >= 11 is 0. The first kappa shape index (κ1) is 14.8. The van der Waals surface area contributed by atoms with Crippen LogP contribution in [0.2, 0.25) is 0 Å². The lowest BCUT2D eigenvalue weighted by Crippen LogP contribution is -2.42. The summed E-state index contributed by atoms with van der Waals surface area (Å²) in [6, 6.07) is 2.88. The third-order valence-corrected chi connectivity index (χ3v) is 3.01. The number of carbonyl (C=O) groups excluding carboxylic acids is 2. The SMILES string of the molecule is CC(=O)NCC1COC(=O)N1c1ccc(C(=O)O)c(F)c1. The van der Waals surface area contributed by atoms with E-state index in [-0.39, 0.29) is 24.7 Å². The minimum atomic E-state index is -1.39. The molecule has 21 heavy (non-hydrogen) atoms. The highest BCUT2D eigenvalue weighted by Crippen LogP contribution is 2.25. The van der Waals surface area contributed by atoms with Crippen LogP contribution in [0.3, 0.4) is 0 Å². The van der Waals surface area contributed by atoms with Crippen LogP contribution in [-0.4, -0.2) is 42.3 Å². The van der Waals surface area contributed by atoms with Gasteiger partial charge >= 0.3 is 12.1 Å². The van der Waals surface area contributed by atoms with Gasteiger partial charge < -0.3 is 15.2 Å². The maximum Gasteiger partial charge on any atom is 0.414 e. The number of carboxylic acid groups (broad SMARTS) is 1. The second-order valence-corrected chi connectivity index (χ2v) is 4.51. The number of amides is 2. The van der Waals surface area contributed by atoms with Crippen LogP contribution < -0.4 is 10.2 Å². The number of carboxylic acids is 1. The number of nitrogens with zero attached hydrogens (tertiary/aromatic N) is 1. The molecule has 1 aliphatic heterocycles. The first-order valence-corrected chi connectivity index (χ1v) is 6.13. The van der Waals surface area contributed by atoms with E-state index in [1.807, 2.05) is 0 Å². The molecule has 0 aromatic heterocycles. The van der Waals surface area contributed by atoms with Crippen molar-refractivity contribution in [2.24, 2.45) is 0 Å². The highest BCUT2D eigenvalue weighted by molar-refractivity contribution is 5.92. The van der Waals surface area contributed by atoms with Crippen molar-refractivity contribution in [3.05, 3.63) is 29.6 Å². The Kier molecular flexibility index (Phi) is 4.06. The molecule has 2 rings (SSSR count). The van der Waals surface area contributed by atoms with E-state index in [9.17, 15) is 18.8 Å². The molecular weight excluding hydrogens is 283 g/mol. The molecular formula is C13H13FN2O5. The van der Waals surface area contributed by atoms with Gasteiger partial charge in [-0.2, -0.15) is 0 Å². The number of cyclic esters (lactones) is 1. The number of halogens is 1. The Morgan fingerprint density at radius 2 is 2.24 bits per heavy atom. The van der Waals surface area contributed by atoms with E-state index in [4.69, 9.17) is 9.84 Å². The van der Waals surface area contributed by atoms with Crippen molar-refractivity contribution < 1.29 is 28.6 Å². The molecule has 1 unspecified atom stereocenters. The van der Waals surface area contributed by atoms with Gasteiger partial charge in [0.15, 0.2) is 0 Å². The molecule has 1 atom stereocenters. The van der Waals surface area contributed by atoms with Gasteiger partial charge in [-0.05, 0) is 18.2 Å². The summed E-state index contributed by atoms with van der Waals surface area (Å²) in [6.45, 7) is 1.55. The van der Waals surface area contributed by atoms with Gasteiger partial charge in [-0.15, -0.1) is 0 Å². The fourth-order valence-electron chi connectivity index (χ4n) is 2.02. The molecule has 1 heterocycles. The van der Waals surface area contributed by atoms with Crippen LogP contribution >= 0.6 is 0 Å². The Balaban J connectivity index is 2.25. The second-order valence-electron chi connectivity index (χ2n) is 4.51. The third kappa shape index (κ3) is 3.10. The first-order valence-electron chi connectivity index (χ1n) is 6.13. The van der Waals surface area contributed by atoms with Crippen molar-refractivity contribution in [1.82, 2.24) is 5.32 Å². The number of ether oxygens (including phenoxy) is 1. The fourth-order valence-corrected chi connectivity index (χ4v) is 2.02. The second kappa shape index (κ2) is 5.78. The van der Waals surface area contributed by atoms with Crippen molar-refractivity contribution >= 4 is 23.7 Å². The fraction of sp³-hybridized carbons (Fsp3) is 0.308. The number of anilines is 1. The number of rotatable bonds is 4. The lowest BCUT2D eigenvalue weighted by molar-refractivity contribution is -0.119. The molecule has 1 aliphatic rings. The quantitative estimate of drug-likeness (QED) is 0.863. The number of hydrogen-bond acceptors (Lipinski definition) is 4. The zero-order chi connectivity index (χ0) is 15.6. The monoisotopic (exact) mass is 296 g/mol. The Hall–Kier alpha value is -2.64. The molecule has 0 bridgehead atoms. The summed E-state index contributed by atoms with van der Waals surface area (Å²) in [5.74, 6) is -2.60. The van der Waals surface area contributed by atoms with E-state index in [2.05, 4.69) is 5.32 Å². The number of benzene rings is 1. The molecule has 8 heteroatoms. The van der Waals surface area contributed by atoms with Crippen molar-refractivity contribution in [2.45, 2.75) is 13.0 Å².